The SMILES string of the molecule is CN1CCC(c2cnc(Nc3ccc(C(F)(F)F)cc3)nc2NC2CCC(O)CC2)CC1. The molecule has 1 saturated heterocycles. The van der Waals surface area contributed by atoms with Crippen LogP contribution < -0.4 is 10.6 Å². The van der Waals surface area contributed by atoms with Crippen LogP contribution in [0.3, 0.4) is 0 Å². The van der Waals surface area contributed by atoms with Crippen molar-refractivity contribution in [2.75, 3.05) is 30.8 Å². The van der Waals surface area contributed by atoms with Crippen molar-refractivity contribution in [1.29, 1.82) is 0 Å². The fourth-order valence-corrected chi connectivity index (χ4v) is 4.47. The summed E-state index contributed by atoms with van der Waals surface area (Å²) in [6, 6.07) is 5.08. The van der Waals surface area contributed by atoms with Crippen LogP contribution in [-0.2, 0) is 6.18 Å². The van der Waals surface area contributed by atoms with Gasteiger partial charge in [0, 0.05) is 23.5 Å². The number of likely N-dealkylation sites (tertiary alicyclic amines) is 1. The van der Waals surface area contributed by atoms with Gasteiger partial charge in [0.1, 0.15) is 5.82 Å². The number of hydrogen-bond acceptors (Lipinski definition) is 6. The number of aliphatic hydroxyl groups excluding tert-OH is 1. The lowest BCUT2D eigenvalue weighted by atomic mass is 9.89. The van der Waals surface area contributed by atoms with Crippen molar-refractivity contribution < 1.29 is 18.3 Å². The lowest BCUT2D eigenvalue weighted by Crippen LogP contribution is -2.31. The van der Waals surface area contributed by atoms with Gasteiger partial charge in [0.05, 0.1) is 11.7 Å². The van der Waals surface area contributed by atoms with E-state index in [0.717, 1.165) is 75.1 Å². The molecule has 32 heavy (non-hydrogen) atoms. The van der Waals surface area contributed by atoms with Gasteiger partial charge in [-0.25, -0.2) is 4.98 Å². The number of aliphatic hydroxyl groups is 1. The maximum absolute atomic E-state index is 12.8. The molecule has 1 saturated carbocycles. The van der Waals surface area contributed by atoms with Crippen molar-refractivity contribution in [3.63, 3.8) is 0 Å². The minimum atomic E-state index is -4.37. The molecular formula is C23H30F3N5O. The van der Waals surface area contributed by atoms with Crippen LogP contribution in [0.2, 0.25) is 0 Å². The molecule has 2 aliphatic rings. The number of benzene rings is 1. The first kappa shape index (κ1) is 22.8. The molecule has 9 heteroatoms. The molecule has 174 valence electrons. The van der Waals surface area contributed by atoms with Gasteiger partial charge in [-0.3, -0.25) is 0 Å². The molecule has 0 atom stereocenters. The summed E-state index contributed by atoms with van der Waals surface area (Å²) in [7, 11) is 2.12. The Morgan fingerprint density at radius 3 is 2.28 bits per heavy atom. The summed E-state index contributed by atoms with van der Waals surface area (Å²) < 4.78 is 38.5. The van der Waals surface area contributed by atoms with Gasteiger partial charge < -0.3 is 20.6 Å². The second-order valence-electron chi connectivity index (χ2n) is 8.93. The lowest BCUT2D eigenvalue weighted by molar-refractivity contribution is -0.137. The Kier molecular flexibility index (Phi) is 6.85. The van der Waals surface area contributed by atoms with E-state index >= 15 is 0 Å². The first-order chi connectivity index (χ1) is 15.3. The van der Waals surface area contributed by atoms with Crippen molar-refractivity contribution in [3.8, 4) is 0 Å². The van der Waals surface area contributed by atoms with E-state index in [1.807, 2.05) is 6.20 Å². The zero-order chi connectivity index (χ0) is 22.7. The predicted octanol–water partition coefficient (Wildman–Crippen LogP) is 4.76. The van der Waals surface area contributed by atoms with E-state index in [4.69, 9.17) is 4.98 Å². The molecule has 4 rings (SSSR count). The van der Waals surface area contributed by atoms with Crippen molar-refractivity contribution in [1.82, 2.24) is 14.9 Å². The van der Waals surface area contributed by atoms with Gasteiger partial charge in [0.2, 0.25) is 5.95 Å². The van der Waals surface area contributed by atoms with Gasteiger partial charge in [0.15, 0.2) is 0 Å². The number of aromatic nitrogens is 2. The van der Waals surface area contributed by atoms with Crippen LogP contribution in [0.4, 0.5) is 30.6 Å². The number of piperidine rings is 1. The molecule has 0 bridgehead atoms. The van der Waals surface area contributed by atoms with E-state index in [1.54, 1.807) is 0 Å². The van der Waals surface area contributed by atoms with Crippen LogP contribution in [0, 0.1) is 0 Å². The quantitative estimate of drug-likeness (QED) is 0.611. The lowest BCUT2D eigenvalue weighted by Gasteiger charge is -2.32. The summed E-state index contributed by atoms with van der Waals surface area (Å²) in [5, 5.41) is 16.4. The fraction of sp³-hybridized carbons (Fsp3) is 0.565. The molecule has 2 heterocycles. The summed E-state index contributed by atoms with van der Waals surface area (Å²) in [6.07, 6.45) is 2.59. The summed E-state index contributed by atoms with van der Waals surface area (Å²) in [6.45, 7) is 2.04. The Hall–Kier alpha value is -2.39. The largest absolute Gasteiger partial charge is 0.416 e. The molecule has 0 spiro atoms. The van der Waals surface area contributed by atoms with E-state index < -0.39 is 11.7 Å². The Morgan fingerprint density at radius 2 is 1.66 bits per heavy atom. The van der Waals surface area contributed by atoms with Crippen molar-refractivity contribution in [3.05, 3.63) is 41.6 Å². The monoisotopic (exact) mass is 449 g/mol. The second kappa shape index (κ2) is 9.62. The number of rotatable bonds is 5. The average Bonchev–Trinajstić information content (AvgIpc) is 2.76. The summed E-state index contributed by atoms with van der Waals surface area (Å²) in [5.74, 6) is 1.49. The molecule has 2 aromatic rings. The van der Waals surface area contributed by atoms with Crippen LogP contribution in [-0.4, -0.2) is 52.3 Å². The highest BCUT2D eigenvalue weighted by molar-refractivity contribution is 5.57. The predicted molar refractivity (Wildman–Crippen MR) is 118 cm³/mol. The fourth-order valence-electron chi connectivity index (χ4n) is 4.47. The smallest absolute Gasteiger partial charge is 0.393 e. The average molecular weight is 450 g/mol. The molecule has 1 aromatic heterocycles. The molecule has 0 radical (unpaired) electrons. The third-order valence-electron chi connectivity index (χ3n) is 6.48. The molecule has 2 fully saturated rings. The van der Waals surface area contributed by atoms with Crippen LogP contribution in [0.1, 0.15) is 55.6 Å². The third kappa shape index (κ3) is 5.69. The zero-order valence-electron chi connectivity index (χ0n) is 18.2. The molecule has 0 unspecified atom stereocenters. The first-order valence-corrected chi connectivity index (χ1v) is 11.2. The van der Waals surface area contributed by atoms with Crippen molar-refractivity contribution in [2.45, 2.75) is 62.8 Å². The number of nitrogens with zero attached hydrogens (tertiary/aromatic N) is 3. The first-order valence-electron chi connectivity index (χ1n) is 11.2. The Morgan fingerprint density at radius 1 is 1.00 bits per heavy atom. The maximum Gasteiger partial charge on any atom is 0.416 e. The number of anilines is 3. The summed E-state index contributed by atoms with van der Waals surface area (Å²) in [5.41, 5.74) is 0.891. The number of nitrogens with one attached hydrogen (secondary N) is 2. The van der Waals surface area contributed by atoms with E-state index in [2.05, 4.69) is 27.6 Å². The van der Waals surface area contributed by atoms with Gasteiger partial charge in [-0.2, -0.15) is 18.2 Å². The Balaban J connectivity index is 1.54. The van der Waals surface area contributed by atoms with Gasteiger partial charge in [-0.15, -0.1) is 0 Å². The van der Waals surface area contributed by atoms with Gasteiger partial charge in [-0.1, -0.05) is 0 Å². The van der Waals surface area contributed by atoms with Crippen molar-refractivity contribution in [2.24, 2.45) is 0 Å². The highest BCUT2D eigenvalue weighted by Gasteiger charge is 2.30. The van der Waals surface area contributed by atoms with Crippen LogP contribution in [0.15, 0.2) is 30.5 Å². The molecule has 3 N–H and O–H groups in total. The third-order valence-corrected chi connectivity index (χ3v) is 6.48. The van der Waals surface area contributed by atoms with E-state index in [0.29, 0.717) is 17.6 Å². The highest BCUT2D eigenvalue weighted by atomic mass is 19.4. The van der Waals surface area contributed by atoms with Gasteiger partial charge in [0.25, 0.3) is 0 Å². The number of alkyl halides is 3. The molecule has 0 amide bonds. The molecule has 6 nitrogen and oxygen atoms in total. The van der Waals surface area contributed by atoms with Gasteiger partial charge >= 0.3 is 6.18 Å². The molecule has 1 aliphatic carbocycles. The topological polar surface area (TPSA) is 73.3 Å². The summed E-state index contributed by atoms with van der Waals surface area (Å²) >= 11 is 0. The van der Waals surface area contributed by atoms with Gasteiger partial charge in [-0.05, 0) is 88.8 Å². The van der Waals surface area contributed by atoms with Crippen LogP contribution in [0.5, 0.6) is 0 Å². The number of halogens is 3. The standard InChI is InChI=1S/C23H30F3N5O/c1-31-12-10-15(11-13-31)20-14-27-22(29-18-4-2-16(3-5-18)23(24,25)26)30-21(20)28-17-6-8-19(32)9-7-17/h2-5,14-15,17,19,32H,6-13H2,1H3,(H2,27,28,29,30). The van der Waals surface area contributed by atoms with Crippen LogP contribution >= 0.6 is 0 Å². The normalized spacial score (nSPS) is 23.2. The van der Waals surface area contributed by atoms with Crippen molar-refractivity contribution >= 4 is 17.5 Å². The van der Waals surface area contributed by atoms with E-state index in [-0.39, 0.29) is 12.1 Å². The maximum atomic E-state index is 12.8. The molecular weight excluding hydrogens is 419 g/mol. The van der Waals surface area contributed by atoms with E-state index in [1.165, 1.54) is 12.1 Å². The molecule has 1 aromatic carbocycles. The second-order valence-corrected chi connectivity index (χ2v) is 8.93. The minimum Gasteiger partial charge on any atom is -0.393 e. The van der Waals surface area contributed by atoms with Crippen LogP contribution in [0.25, 0.3) is 0 Å². The minimum absolute atomic E-state index is 0.233. The Labute approximate surface area is 186 Å². The zero-order valence-corrected chi connectivity index (χ0v) is 18.2. The van der Waals surface area contributed by atoms with E-state index in [9.17, 15) is 18.3 Å². The highest BCUT2D eigenvalue weighted by Crippen LogP contribution is 2.34. The number of hydrogen-bond donors (Lipinski definition) is 3. The molecule has 1 aliphatic heterocycles. The summed E-state index contributed by atoms with van der Waals surface area (Å²) in [4.78, 5) is 11.5. The Bertz CT molecular complexity index is 889.